The van der Waals surface area contributed by atoms with E-state index in [2.05, 4.69) is 15.2 Å². The molecule has 2 aromatic heterocycles. The van der Waals surface area contributed by atoms with Gasteiger partial charge in [0.1, 0.15) is 5.52 Å². The molecule has 0 aliphatic rings. The summed E-state index contributed by atoms with van der Waals surface area (Å²) in [6.45, 7) is 0. The van der Waals surface area contributed by atoms with Gasteiger partial charge in [-0.15, -0.1) is 0 Å². The maximum absolute atomic E-state index is 10.8. The molecular formula is C12H7N3O3. The van der Waals surface area contributed by atoms with Crippen LogP contribution in [0.3, 0.4) is 0 Å². The van der Waals surface area contributed by atoms with E-state index in [4.69, 9.17) is 9.52 Å². The maximum atomic E-state index is 10.8. The zero-order chi connectivity index (χ0) is 12.5. The molecule has 0 spiro atoms. The Morgan fingerprint density at radius 2 is 2.11 bits per heavy atom. The van der Waals surface area contributed by atoms with E-state index in [9.17, 15) is 4.79 Å². The van der Waals surface area contributed by atoms with Gasteiger partial charge in [0, 0.05) is 0 Å². The molecule has 3 rings (SSSR count). The number of fused-ring (bicyclic) bond motifs is 1. The van der Waals surface area contributed by atoms with Crippen molar-refractivity contribution in [3.63, 3.8) is 0 Å². The summed E-state index contributed by atoms with van der Waals surface area (Å²) in [6, 6.07) is 6.26. The van der Waals surface area contributed by atoms with Gasteiger partial charge >= 0.3 is 5.97 Å². The second-order valence-corrected chi connectivity index (χ2v) is 3.64. The van der Waals surface area contributed by atoms with Crippen molar-refractivity contribution in [2.45, 2.75) is 0 Å². The fraction of sp³-hybridized carbons (Fsp3) is 0. The molecule has 0 fully saturated rings. The van der Waals surface area contributed by atoms with E-state index in [1.54, 1.807) is 12.1 Å². The maximum Gasteiger partial charge on any atom is 0.335 e. The Kier molecular flexibility index (Phi) is 2.26. The van der Waals surface area contributed by atoms with E-state index in [0.717, 1.165) is 0 Å². The Hall–Kier alpha value is -2.76. The molecule has 1 N–H and O–H groups in total. The van der Waals surface area contributed by atoms with Crippen LogP contribution in [0.4, 0.5) is 0 Å². The molecule has 3 aromatic rings. The van der Waals surface area contributed by atoms with Crippen LogP contribution < -0.4 is 0 Å². The smallest absolute Gasteiger partial charge is 0.335 e. The first-order valence-electron chi connectivity index (χ1n) is 5.15. The van der Waals surface area contributed by atoms with Gasteiger partial charge in [0.15, 0.2) is 5.58 Å². The van der Waals surface area contributed by atoms with Crippen molar-refractivity contribution in [1.82, 2.24) is 15.2 Å². The number of carboxylic acid groups (broad SMARTS) is 1. The molecule has 2 heterocycles. The number of aromatic carboxylic acids is 1. The molecule has 0 aliphatic heterocycles. The van der Waals surface area contributed by atoms with Crippen LogP contribution in [0.2, 0.25) is 0 Å². The molecule has 0 unspecified atom stereocenters. The minimum absolute atomic E-state index is 0.165. The average Bonchev–Trinajstić information content (AvgIpc) is 2.82. The molecule has 6 heteroatoms. The molecule has 0 saturated carbocycles. The molecular weight excluding hydrogens is 234 g/mol. The van der Waals surface area contributed by atoms with Gasteiger partial charge < -0.3 is 9.52 Å². The first kappa shape index (κ1) is 10.4. The summed E-state index contributed by atoms with van der Waals surface area (Å²) in [5, 5.41) is 16.3. The number of nitrogens with zero attached hydrogens (tertiary/aromatic N) is 3. The van der Waals surface area contributed by atoms with Gasteiger partial charge in [-0.1, -0.05) is 0 Å². The lowest BCUT2D eigenvalue weighted by Gasteiger charge is -1.91. The third-order valence-corrected chi connectivity index (χ3v) is 2.47. The van der Waals surface area contributed by atoms with E-state index in [1.807, 2.05) is 0 Å². The summed E-state index contributed by atoms with van der Waals surface area (Å²) >= 11 is 0. The fourth-order valence-electron chi connectivity index (χ4n) is 1.60. The van der Waals surface area contributed by atoms with Gasteiger partial charge in [-0.3, -0.25) is 0 Å². The Morgan fingerprint density at radius 1 is 1.22 bits per heavy atom. The van der Waals surface area contributed by atoms with Crippen molar-refractivity contribution in [2.24, 2.45) is 0 Å². The SMILES string of the molecule is O=C(O)c1ccc2nc(-c3ccnnc3)oc2c1. The lowest BCUT2D eigenvalue weighted by molar-refractivity contribution is 0.0697. The Morgan fingerprint density at radius 3 is 2.83 bits per heavy atom. The van der Waals surface area contributed by atoms with Crippen molar-refractivity contribution in [3.05, 3.63) is 42.2 Å². The third kappa shape index (κ3) is 1.69. The number of rotatable bonds is 2. The van der Waals surface area contributed by atoms with E-state index in [0.29, 0.717) is 22.6 Å². The zero-order valence-corrected chi connectivity index (χ0v) is 9.07. The average molecular weight is 241 g/mol. The van der Waals surface area contributed by atoms with E-state index < -0.39 is 5.97 Å². The van der Waals surface area contributed by atoms with Crippen LogP contribution >= 0.6 is 0 Å². The number of benzene rings is 1. The molecule has 0 atom stereocenters. The Balaban J connectivity index is 2.14. The van der Waals surface area contributed by atoms with Gasteiger partial charge in [-0.2, -0.15) is 10.2 Å². The molecule has 0 bridgehead atoms. The Labute approximate surface area is 101 Å². The molecule has 0 aliphatic carbocycles. The standard InChI is InChI=1S/C12H7N3O3/c16-12(17)7-1-2-9-10(5-7)18-11(15-9)8-3-4-13-14-6-8/h1-6H,(H,16,17). The normalized spacial score (nSPS) is 10.7. The highest BCUT2D eigenvalue weighted by atomic mass is 16.4. The number of hydrogen-bond donors (Lipinski definition) is 1. The first-order valence-corrected chi connectivity index (χ1v) is 5.15. The van der Waals surface area contributed by atoms with Gasteiger partial charge in [-0.25, -0.2) is 9.78 Å². The van der Waals surface area contributed by atoms with Gasteiger partial charge in [0.2, 0.25) is 5.89 Å². The summed E-state index contributed by atoms with van der Waals surface area (Å²) in [6.07, 6.45) is 3.07. The van der Waals surface area contributed by atoms with Crippen molar-refractivity contribution in [1.29, 1.82) is 0 Å². The van der Waals surface area contributed by atoms with Crippen LogP contribution in [0, 0.1) is 0 Å². The monoisotopic (exact) mass is 241 g/mol. The number of aromatic nitrogens is 3. The van der Waals surface area contributed by atoms with Gasteiger partial charge in [0.05, 0.1) is 23.5 Å². The molecule has 6 nitrogen and oxygen atoms in total. The minimum Gasteiger partial charge on any atom is -0.478 e. The number of carbonyl (C=O) groups is 1. The highest BCUT2D eigenvalue weighted by Crippen LogP contribution is 2.24. The molecule has 88 valence electrons. The molecule has 0 radical (unpaired) electrons. The largest absolute Gasteiger partial charge is 0.478 e. The summed E-state index contributed by atoms with van der Waals surface area (Å²) in [4.78, 5) is 15.1. The van der Waals surface area contributed by atoms with Crippen molar-refractivity contribution in [2.75, 3.05) is 0 Å². The highest BCUT2D eigenvalue weighted by Gasteiger charge is 2.11. The summed E-state index contributed by atoms with van der Waals surface area (Å²) < 4.78 is 5.50. The number of carboxylic acids is 1. The van der Waals surface area contributed by atoms with Crippen molar-refractivity contribution < 1.29 is 14.3 Å². The minimum atomic E-state index is -1.000. The summed E-state index contributed by atoms with van der Waals surface area (Å²) in [5.41, 5.74) is 1.89. The van der Waals surface area contributed by atoms with Crippen LogP contribution in [-0.4, -0.2) is 26.3 Å². The van der Waals surface area contributed by atoms with E-state index in [1.165, 1.54) is 24.5 Å². The van der Waals surface area contributed by atoms with Crippen molar-refractivity contribution in [3.8, 4) is 11.5 Å². The van der Waals surface area contributed by atoms with Crippen molar-refractivity contribution >= 4 is 17.1 Å². The second kappa shape index (κ2) is 3.92. The van der Waals surface area contributed by atoms with Crippen LogP contribution in [0.25, 0.3) is 22.6 Å². The lowest BCUT2D eigenvalue weighted by Crippen LogP contribution is -1.94. The van der Waals surface area contributed by atoms with Gasteiger partial charge in [0.25, 0.3) is 0 Å². The number of hydrogen-bond acceptors (Lipinski definition) is 5. The highest BCUT2D eigenvalue weighted by molar-refractivity contribution is 5.92. The van der Waals surface area contributed by atoms with E-state index in [-0.39, 0.29) is 5.56 Å². The zero-order valence-electron chi connectivity index (χ0n) is 9.07. The quantitative estimate of drug-likeness (QED) is 0.737. The third-order valence-electron chi connectivity index (χ3n) is 2.47. The van der Waals surface area contributed by atoms with Crippen LogP contribution in [0.5, 0.6) is 0 Å². The predicted octanol–water partition coefficient (Wildman–Crippen LogP) is 1.98. The molecule has 0 saturated heterocycles. The molecule has 1 aromatic carbocycles. The summed E-state index contributed by atoms with van der Waals surface area (Å²) in [5.74, 6) is -0.608. The van der Waals surface area contributed by atoms with Crippen LogP contribution in [0.1, 0.15) is 10.4 Å². The van der Waals surface area contributed by atoms with Gasteiger partial charge in [-0.05, 0) is 24.3 Å². The van der Waals surface area contributed by atoms with Crippen LogP contribution in [0.15, 0.2) is 41.1 Å². The summed E-state index contributed by atoms with van der Waals surface area (Å²) in [7, 11) is 0. The molecule has 18 heavy (non-hydrogen) atoms. The predicted molar refractivity (Wildman–Crippen MR) is 62.0 cm³/mol. The van der Waals surface area contributed by atoms with E-state index >= 15 is 0 Å². The fourth-order valence-corrected chi connectivity index (χ4v) is 1.60. The Bertz CT molecular complexity index is 722. The van der Waals surface area contributed by atoms with Crippen LogP contribution in [-0.2, 0) is 0 Å². The number of oxazole rings is 1. The molecule has 0 amide bonds. The lowest BCUT2D eigenvalue weighted by atomic mass is 10.2. The second-order valence-electron chi connectivity index (χ2n) is 3.64. The topological polar surface area (TPSA) is 89.1 Å². The first-order chi connectivity index (χ1) is 8.74.